The highest BCUT2D eigenvalue weighted by atomic mass is 32.1. The highest BCUT2D eigenvalue weighted by molar-refractivity contribution is 7.10. The average molecular weight is 257 g/mol. The maximum atomic E-state index is 5.71. The summed E-state index contributed by atoms with van der Waals surface area (Å²) in [7, 11) is 0. The Balaban J connectivity index is 1.71. The van der Waals surface area contributed by atoms with Crippen molar-refractivity contribution in [3.05, 3.63) is 5.69 Å². The van der Waals surface area contributed by atoms with Crippen LogP contribution in [0, 0.1) is 5.92 Å². The summed E-state index contributed by atoms with van der Waals surface area (Å²) in [6.07, 6.45) is 2.21. The molecule has 1 saturated heterocycles. The molecular weight excluding hydrogens is 238 g/mol. The zero-order valence-corrected chi connectivity index (χ0v) is 11.0. The Morgan fingerprint density at radius 2 is 2.29 bits per heavy atom. The van der Waals surface area contributed by atoms with Crippen LogP contribution >= 0.6 is 11.5 Å². The molecule has 1 N–H and O–H groups in total. The fourth-order valence-electron chi connectivity index (χ4n) is 1.83. The van der Waals surface area contributed by atoms with E-state index in [0.717, 1.165) is 49.9 Å². The predicted octanol–water partition coefficient (Wildman–Crippen LogP) is 1.91. The van der Waals surface area contributed by atoms with E-state index in [4.69, 9.17) is 9.47 Å². The van der Waals surface area contributed by atoms with E-state index in [2.05, 4.69) is 21.8 Å². The minimum absolute atomic E-state index is 0.552. The number of anilines is 1. The molecule has 0 atom stereocenters. The Labute approximate surface area is 106 Å². The third kappa shape index (κ3) is 3.90. The number of ether oxygens (including phenoxy) is 2. The van der Waals surface area contributed by atoms with Gasteiger partial charge in [0.05, 0.1) is 13.2 Å². The van der Waals surface area contributed by atoms with Crippen molar-refractivity contribution < 1.29 is 9.47 Å². The van der Waals surface area contributed by atoms with Crippen molar-refractivity contribution >= 4 is 16.5 Å². The van der Waals surface area contributed by atoms with Crippen molar-refractivity contribution in [2.24, 2.45) is 5.92 Å². The largest absolute Gasteiger partial charge is 0.381 e. The molecule has 1 aromatic heterocycles. The van der Waals surface area contributed by atoms with Crippen molar-refractivity contribution in [3.8, 4) is 0 Å². The van der Waals surface area contributed by atoms with Crippen LogP contribution in [-0.4, -0.2) is 36.0 Å². The van der Waals surface area contributed by atoms with Gasteiger partial charge in [-0.25, -0.2) is 0 Å². The van der Waals surface area contributed by atoms with Crippen LogP contribution in [0.4, 0.5) is 5.00 Å². The van der Waals surface area contributed by atoms with Crippen molar-refractivity contribution in [1.82, 2.24) is 9.59 Å². The number of aromatic nitrogens is 2. The summed E-state index contributed by atoms with van der Waals surface area (Å²) in [6, 6.07) is 0. The number of hydrogen-bond acceptors (Lipinski definition) is 6. The van der Waals surface area contributed by atoms with Crippen molar-refractivity contribution in [1.29, 1.82) is 0 Å². The Bertz CT molecular complexity index is 326. The van der Waals surface area contributed by atoms with Crippen molar-refractivity contribution in [2.45, 2.75) is 26.4 Å². The average Bonchev–Trinajstić information content (AvgIpc) is 2.79. The molecule has 1 aromatic rings. The van der Waals surface area contributed by atoms with Crippen LogP contribution in [0.1, 0.15) is 25.5 Å². The fourth-order valence-corrected chi connectivity index (χ4v) is 2.47. The van der Waals surface area contributed by atoms with Gasteiger partial charge in [0.2, 0.25) is 0 Å². The first kappa shape index (κ1) is 12.7. The molecule has 0 radical (unpaired) electrons. The van der Waals surface area contributed by atoms with E-state index in [0.29, 0.717) is 12.5 Å². The monoisotopic (exact) mass is 257 g/mol. The molecule has 2 rings (SSSR count). The highest BCUT2D eigenvalue weighted by Gasteiger charge is 2.14. The summed E-state index contributed by atoms with van der Waals surface area (Å²) in [4.78, 5) is 0. The molecule has 0 saturated carbocycles. The van der Waals surface area contributed by atoms with E-state index in [1.807, 2.05) is 0 Å². The topological polar surface area (TPSA) is 56.3 Å². The molecule has 1 fully saturated rings. The molecule has 96 valence electrons. The van der Waals surface area contributed by atoms with Crippen LogP contribution in [-0.2, 0) is 16.1 Å². The summed E-state index contributed by atoms with van der Waals surface area (Å²) < 4.78 is 15.0. The normalized spacial score (nSPS) is 17.2. The number of rotatable bonds is 6. The lowest BCUT2D eigenvalue weighted by Gasteiger charge is -2.21. The highest BCUT2D eigenvalue weighted by Crippen LogP contribution is 2.20. The minimum atomic E-state index is 0.552. The molecule has 17 heavy (non-hydrogen) atoms. The quantitative estimate of drug-likeness (QED) is 0.843. The molecular formula is C11H19N3O2S. The van der Waals surface area contributed by atoms with Gasteiger partial charge in [-0.3, -0.25) is 0 Å². The molecule has 0 spiro atoms. The minimum Gasteiger partial charge on any atom is -0.381 e. The number of nitrogens with zero attached hydrogens (tertiary/aromatic N) is 2. The van der Waals surface area contributed by atoms with E-state index < -0.39 is 0 Å². The van der Waals surface area contributed by atoms with Crippen LogP contribution < -0.4 is 5.32 Å². The lowest BCUT2D eigenvalue weighted by atomic mass is 10.0. The summed E-state index contributed by atoms with van der Waals surface area (Å²) in [6.45, 7) is 6.04. The van der Waals surface area contributed by atoms with Crippen LogP contribution in [0.3, 0.4) is 0 Å². The lowest BCUT2D eigenvalue weighted by molar-refractivity contribution is 0.0151. The number of nitrogens with one attached hydrogen (secondary N) is 1. The standard InChI is InChI=1S/C11H19N3O2S/c1-2-12-11-10(13-14-17-11)8-16-7-9-3-5-15-6-4-9/h9,12H,2-8H2,1H3. The second kappa shape index (κ2) is 6.88. The zero-order chi connectivity index (χ0) is 11.9. The summed E-state index contributed by atoms with van der Waals surface area (Å²) in [5, 5.41) is 8.34. The second-order valence-corrected chi connectivity index (χ2v) is 4.90. The van der Waals surface area contributed by atoms with Gasteiger partial charge in [0.15, 0.2) is 0 Å². The molecule has 2 heterocycles. The number of hydrogen-bond donors (Lipinski definition) is 1. The molecule has 1 aliphatic heterocycles. The third-order valence-electron chi connectivity index (χ3n) is 2.83. The molecule has 1 aliphatic rings. The summed E-state index contributed by atoms with van der Waals surface area (Å²) in [5.74, 6) is 0.637. The zero-order valence-electron chi connectivity index (χ0n) is 10.1. The van der Waals surface area contributed by atoms with Crippen molar-refractivity contribution in [2.75, 3.05) is 31.7 Å². The Morgan fingerprint density at radius 1 is 1.47 bits per heavy atom. The van der Waals surface area contributed by atoms with Crippen LogP contribution in [0.2, 0.25) is 0 Å². The molecule has 0 amide bonds. The predicted molar refractivity (Wildman–Crippen MR) is 67.3 cm³/mol. The van der Waals surface area contributed by atoms with Gasteiger partial charge in [-0.1, -0.05) is 4.49 Å². The second-order valence-electron chi connectivity index (χ2n) is 4.15. The van der Waals surface area contributed by atoms with E-state index in [9.17, 15) is 0 Å². The van der Waals surface area contributed by atoms with Gasteiger partial charge in [0.25, 0.3) is 0 Å². The molecule has 0 aromatic carbocycles. The maximum absolute atomic E-state index is 5.71. The van der Waals surface area contributed by atoms with Gasteiger partial charge in [-0.15, -0.1) is 5.10 Å². The van der Waals surface area contributed by atoms with E-state index in [1.165, 1.54) is 11.5 Å². The maximum Gasteiger partial charge on any atom is 0.135 e. The van der Waals surface area contributed by atoms with Gasteiger partial charge in [0, 0.05) is 31.3 Å². The molecule has 0 unspecified atom stereocenters. The Morgan fingerprint density at radius 3 is 3.06 bits per heavy atom. The van der Waals surface area contributed by atoms with E-state index in [1.54, 1.807) is 0 Å². The first-order chi connectivity index (χ1) is 8.40. The molecule has 0 aliphatic carbocycles. The first-order valence-corrected chi connectivity index (χ1v) is 6.88. The molecule has 0 bridgehead atoms. The van der Waals surface area contributed by atoms with Crippen LogP contribution in [0.5, 0.6) is 0 Å². The Kier molecular flexibility index (Phi) is 5.15. The van der Waals surface area contributed by atoms with Crippen molar-refractivity contribution in [3.63, 3.8) is 0 Å². The van der Waals surface area contributed by atoms with Crippen LogP contribution in [0.25, 0.3) is 0 Å². The molecule has 6 heteroatoms. The smallest absolute Gasteiger partial charge is 0.135 e. The third-order valence-corrected chi connectivity index (χ3v) is 3.55. The van der Waals surface area contributed by atoms with Gasteiger partial charge in [-0.05, 0) is 25.7 Å². The van der Waals surface area contributed by atoms with E-state index >= 15 is 0 Å². The summed E-state index contributed by atoms with van der Waals surface area (Å²) in [5.41, 5.74) is 0.920. The van der Waals surface area contributed by atoms with Gasteiger partial charge < -0.3 is 14.8 Å². The first-order valence-electron chi connectivity index (χ1n) is 6.10. The van der Waals surface area contributed by atoms with Gasteiger partial charge in [-0.2, -0.15) is 0 Å². The Hall–Kier alpha value is -0.720. The van der Waals surface area contributed by atoms with E-state index in [-0.39, 0.29) is 0 Å². The molecule has 5 nitrogen and oxygen atoms in total. The van der Waals surface area contributed by atoms with Crippen LogP contribution in [0.15, 0.2) is 0 Å². The summed E-state index contributed by atoms with van der Waals surface area (Å²) >= 11 is 1.39. The van der Waals surface area contributed by atoms with Gasteiger partial charge in [0.1, 0.15) is 10.7 Å². The lowest BCUT2D eigenvalue weighted by Crippen LogP contribution is -2.20. The fraction of sp³-hybridized carbons (Fsp3) is 0.818. The van der Waals surface area contributed by atoms with Gasteiger partial charge >= 0.3 is 0 Å². The SMILES string of the molecule is CCNc1snnc1COCC1CCOCC1.